The van der Waals surface area contributed by atoms with E-state index in [0.29, 0.717) is 24.3 Å². The number of anilines is 2. The normalized spacial score (nSPS) is 17.9. The molecule has 1 aromatic rings. The molecule has 5 nitrogen and oxygen atoms in total. The molecule has 1 heterocycles. The number of nitrogen functional groups attached to an aromatic ring is 1. The van der Waals surface area contributed by atoms with E-state index < -0.39 is 0 Å². The molecule has 112 valence electrons. The number of rotatable bonds is 6. The third kappa shape index (κ3) is 4.07. The minimum Gasteiger partial charge on any atom is -0.384 e. The van der Waals surface area contributed by atoms with Crippen molar-refractivity contribution in [2.24, 2.45) is 5.92 Å². The summed E-state index contributed by atoms with van der Waals surface area (Å²) in [7, 11) is 1.64. The molecular weight excluding hydrogens is 252 g/mol. The van der Waals surface area contributed by atoms with Crippen molar-refractivity contribution in [2.45, 2.75) is 58.1 Å². The highest BCUT2D eigenvalue weighted by Crippen LogP contribution is 2.29. The van der Waals surface area contributed by atoms with Crippen molar-refractivity contribution in [3.8, 4) is 0 Å². The van der Waals surface area contributed by atoms with Crippen molar-refractivity contribution in [3.05, 3.63) is 11.9 Å². The Morgan fingerprint density at radius 1 is 1.35 bits per heavy atom. The number of hydrogen-bond donors (Lipinski definition) is 2. The Balaban J connectivity index is 2.06. The van der Waals surface area contributed by atoms with Crippen molar-refractivity contribution >= 4 is 11.6 Å². The summed E-state index contributed by atoms with van der Waals surface area (Å²) in [5.74, 6) is 2.69. The van der Waals surface area contributed by atoms with E-state index in [9.17, 15) is 0 Å². The summed E-state index contributed by atoms with van der Waals surface area (Å²) in [6.45, 7) is 2.62. The fourth-order valence-electron chi connectivity index (χ4n) is 3.07. The SMILES string of the molecule is CCC(Nc1cc(N)nc(COC)n1)C1CCCCC1. The van der Waals surface area contributed by atoms with Gasteiger partial charge in [0.15, 0.2) is 5.82 Å². The number of hydrogen-bond acceptors (Lipinski definition) is 5. The minimum atomic E-state index is 0.389. The van der Waals surface area contributed by atoms with Gasteiger partial charge in [-0.3, -0.25) is 0 Å². The number of ether oxygens (including phenoxy) is 1. The predicted molar refractivity (Wildman–Crippen MR) is 81.4 cm³/mol. The fraction of sp³-hybridized carbons (Fsp3) is 0.733. The van der Waals surface area contributed by atoms with Crippen LogP contribution in [0.1, 0.15) is 51.3 Å². The molecule has 20 heavy (non-hydrogen) atoms. The molecule has 1 saturated carbocycles. The Hall–Kier alpha value is -1.36. The van der Waals surface area contributed by atoms with Gasteiger partial charge in [-0.15, -0.1) is 0 Å². The summed E-state index contributed by atoms with van der Waals surface area (Å²) in [6.07, 6.45) is 7.82. The first kappa shape index (κ1) is 15.0. The topological polar surface area (TPSA) is 73.1 Å². The molecule has 0 amide bonds. The molecule has 1 aliphatic carbocycles. The molecule has 1 unspecified atom stereocenters. The van der Waals surface area contributed by atoms with Crippen LogP contribution in [0.15, 0.2) is 6.07 Å². The molecule has 5 heteroatoms. The molecule has 0 aromatic carbocycles. The number of nitrogens with zero attached hydrogens (tertiary/aromatic N) is 2. The summed E-state index contributed by atoms with van der Waals surface area (Å²) < 4.78 is 5.08. The maximum atomic E-state index is 5.84. The largest absolute Gasteiger partial charge is 0.384 e. The van der Waals surface area contributed by atoms with Crippen LogP contribution in [0.4, 0.5) is 11.6 Å². The van der Waals surface area contributed by atoms with Crippen LogP contribution in [0.3, 0.4) is 0 Å². The van der Waals surface area contributed by atoms with Crippen molar-refractivity contribution in [1.82, 2.24) is 9.97 Å². The van der Waals surface area contributed by atoms with E-state index in [1.54, 1.807) is 7.11 Å². The second-order valence-corrected chi connectivity index (χ2v) is 5.58. The maximum absolute atomic E-state index is 5.84. The lowest BCUT2D eigenvalue weighted by molar-refractivity contribution is 0.178. The lowest BCUT2D eigenvalue weighted by atomic mass is 9.83. The Labute approximate surface area is 121 Å². The highest BCUT2D eigenvalue weighted by Gasteiger charge is 2.22. The van der Waals surface area contributed by atoms with Crippen LogP contribution in [-0.4, -0.2) is 23.1 Å². The van der Waals surface area contributed by atoms with Crippen LogP contribution in [0.5, 0.6) is 0 Å². The zero-order valence-electron chi connectivity index (χ0n) is 12.6. The molecule has 3 N–H and O–H groups in total. The summed E-state index contributed by atoms with van der Waals surface area (Å²) in [5.41, 5.74) is 5.84. The highest BCUT2D eigenvalue weighted by molar-refractivity contribution is 5.45. The third-order valence-electron chi connectivity index (χ3n) is 4.06. The molecule has 1 aliphatic rings. The number of nitrogens with one attached hydrogen (secondary N) is 1. The van der Waals surface area contributed by atoms with Gasteiger partial charge in [-0.05, 0) is 25.2 Å². The van der Waals surface area contributed by atoms with E-state index >= 15 is 0 Å². The van der Waals surface area contributed by atoms with Gasteiger partial charge in [0.2, 0.25) is 0 Å². The van der Waals surface area contributed by atoms with Crippen molar-refractivity contribution in [2.75, 3.05) is 18.2 Å². The third-order valence-corrected chi connectivity index (χ3v) is 4.06. The molecule has 2 rings (SSSR count). The zero-order chi connectivity index (χ0) is 14.4. The number of aromatic nitrogens is 2. The van der Waals surface area contributed by atoms with E-state index in [2.05, 4.69) is 22.2 Å². The molecule has 0 bridgehead atoms. The summed E-state index contributed by atoms with van der Waals surface area (Å²) >= 11 is 0. The lowest BCUT2D eigenvalue weighted by Crippen LogP contribution is -2.30. The quantitative estimate of drug-likeness (QED) is 0.837. The Morgan fingerprint density at radius 2 is 2.10 bits per heavy atom. The lowest BCUT2D eigenvalue weighted by Gasteiger charge is -2.30. The van der Waals surface area contributed by atoms with Gasteiger partial charge in [0, 0.05) is 19.2 Å². The van der Waals surface area contributed by atoms with E-state index in [0.717, 1.165) is 18.2 Å². The molecule has 1 atom stereocenters. The average molecular weight is 278 g/mol. The maximum Gasteiger partial charge on any atom is 0.158 e. The van der Waals surface area contributed by atoms with Gasteiger partial charge in [-0.25, -0.2) is 9.97 Å². The van der Waals surface area contributed by atoms with Crippen molar-refractivity contribution in [3.63, 3.8) is 0 Å². The van der Waals surface area contributed by atoms with Gasteiger partial charge in [0.25, 0.3) is 0 Å². The number of methoxy groups -OCH3 is 1. The molecule has 0 saturated heterocycles. The molecular formula is C15H26N4O. The van der Waals surface area contributed by atoms with Crippen molar-refractivity contribution in [1.29, 1.82) is 0 Å². The molecule has 0 spiro atoms. The molecule has 1 aromatic heterocycles. The summed E-state index contributed by atoms with van der Waals surface area (Å²) in [5, 5.41) is 3.55. The monoisotopic (exact) mass is 278 g/mol. The Kier molecular flexibility index (Phi) is 5.59. The average Bonchev–Trinajstić information content (AvgIpc) is 2.45. The van der Waals surface area contributed by atoms with Crippen molar-refractivity contribution < 1.29 is 4.74 Å². The van der Waals surface area contributed by atoms with E-state index in [1.807, 2.05) is 6.07 Å². The first-order valence-electron chi connectivity index (χ1n) is 7.61. The number of nitrogens with two attached hydrogens (primary N) is 1. The van der Waals surface area contributed by atoms with Gasteiger partial charge in [-0.1, -0.05) is 26.2 Å². The molecule has 1 fully saturated rings. The zero-order valence-corrected chi connectivity index (χ0v) is 12.6. The van der Waals surface area contributed by atoms with E-state index in [-0.39, 0.29) is 0 Å². The van der Waals surface area contributed by atoms with Crippen LogP contribution in [-0.2, 0) is 11.3 Å². The van der Waals surface area contributed by atoms with Gasteiger partial charge >= 0.3 is 0 Å². The first-order chi connectivity index (χ1) is 9.72. The van der Waals surface area contributed by atoms with Gasteiger partial charge < -0.3 is 15.8 Å². The van der Waals surface area contributed by atoms with Crippen LogP contribution >= 0.6 is 0 Å². The van der Waals surface area contributed by atoms with Crippen LogP contribution < -0.4 is 11.1 Å². The van der Waals surface area contributed by atoms with Gasteiger partial charge in [0.1, 0.15) is 18.2 Å². The minimum absolute atomic E-state index is 0.389. The summed E-state index contributed by atoms with van der Waals surface area (Å²) in [4.78, 5) is 8.65. The smallest absolute Gasteiger partial charge is 0.158 e. The summed E-state index contributed by atoms with van der Waals surface area (Å²) in [6, 6.07) is 2.28. The fourth-order valence-corrected chi connectivity index (χ4v) is 3.07. The molecule has 0 radical (unpaired) electrons. The second kappa shape index (κ2) is 7.43. The van der Waals surface area contributed by atoms with E-state index in [1.165, 1.54) is 32.1 Å². The second-order valence-electron chi connectivity index (χ2n) is 5.58. The highest BCUT2D eigenvalue weighted by atomic mass is 16.5. The van der Waals surface area contributed by atoms with E-state index in [4.69, 9.17) is 10.5 Å². The standard InChI is InChI=1S/C15H26N4O/c1-3-12(11-7-5-4-6-8-11)17-14-9-13(16)18-15(19-14)10-20-2/h9,11-12H,3-8,10H2,1-2H3,(H3,16,17,18,19). The van der Waals surface area contributed by atoms with Crippen LogP contribution in [0.2, 0.25) is 0 Å². The Bertz CT molecular complexity index is 418. The van der Waals surface area contributed by atoms with Crippen LogP contribution in [0.25, 0.3) is 0 Å². The van der Waals surface area contributed by atoms with Gasteiger partial charge in [-0.2, -0.15) is 0 Å². The van der Waals surface area contributed by atoms with Crippen LogP contribution in [0, 0.1) is 5.92 Å². The van der Waals surface area contributed by atoms with Gasteiger partial charge in [0.05, 0.1) is 0 Å². The predicted octanol–water partition coefficient (Wildman–Crippen LogP) is 2.98. The Morgan fingerprint density at radius 3 is 2.75 bits per heavy atom. The molecule has 0 aliphatic heterocycles. The first-order valence-corrected chi connectivity index (χ1v) is 7.61.